The van der Waals surface area contributed by atoms with Crippen LogP contribution < -0.4 is 15.5 Å². The molecule has 0 saturated carbocycles. The zero-order chi connectivity index (χ0) is 24.2. The Bertz CT molecular complexity index is 1100. The third kappa shape index (κ3) is 5.34. The minimum absolute atomic E-state index is 0.206. The zero-order valence-corrected chi connectivity index (χ0v) is 20.0. The molecule has 2 aliphatic heterocycles. The van der Waals surface area contributed by atoms with Crippen molar-refractivity contribution in [2.75, 3.05) is 44.2 Å². The molecule has 4 rings (SSSR count). The summed E-state index contributed by atoms with van der Waals surface area (Å²) in [6.07, 6.45) is 0. The number of urea groups is 1. The van der Waals surface area contributed by atoms with Crippen LogP contribution in [0.15, 0.2) is 53.7 Å². The predicted octanol–water partition coefficient (Wildman–Crippen LogP) is 3.78. The fourth-order valence-electron chi connectivity index (χ4n) is 4.39. The van der Waals surface area contributed by atoms with E-state index >= 15 is 0 Å². The number of esters is 1. The maximum atomic E-state index is 13.5. The van der Waals surface area contributed by atoms with Crippen LogP contribution in [0.25, 0.3) is 0 Å². The molecule has 2 aromatic carbocycles. The summed E-state index contributed by atoms with van der Waals surface area (Å²) in [5.74, 6) is -0.897. The van der Waals surface area contributed by atoms with Crippen LogP contribution in [0.5, 0.6) is 0 Å². The predicted molar refractivity (Wildman–Crippen MR) is 129 cm³/mol. The Morgan fingerprint density at radius 3 is 2.53 bits per heavy atom. The van der Waals surface area contributed by atoms with Gasteiger partial charge in [0.25, 0.3) is 0 Å². The van der Waals surface area contributed by atoms with Gasteiger partial charge in [-0.05, 0) is 49.2 Å². The Morgan fingerprint density at radius 2 is 1.85 bits per heavy atom. The number of nitrogens with zero attached hydrogens (tertiary/aromatic N) is 2. The molecule has 2 aliphatic rings. The Morgan fingerprint density at radius 1 is 1.15 bits per heavy atom. The monoisotopic (exact) mass is 486 g/mol. The molecule has 7 nitrogen and oxygen atoms in total. The SMILES string of the molecule is CCOC(=O)C1=C(CN2CCN(c3cc(Cl)ccc3C)CC2)NC(=O)N[C@@H]1c1ccc(F)cc1. The number of carbonyl (C=O) groups is 2. The van der Waals surface area contributed by atoms with Crippen LogP contribution in [0.1, 0.15) is 24.1 Å². The molecular formula is C25H28ClFN4O3. The molecule has 0 unspecified atom stereocenters. The van der Waals surface area contributed by atoms with E-state index in [4.69, 9.17) is 16.3 Å². The van der Waals surface area contributed by atoms with E-state index in [1.165, 1.54) is 12.1 Å². The number of rotatable bonds is 6. The van der Waals surface area contributed by atoms with Crippen molar-refractivity contribution >= 4 is 29.3 Å². The lowest BCUT2D eigenvalue weighted by atomic mass is 9.95. The first kappa shape index (κ1) is 24.0. The van der Waals surface area contributed by atoms with Gasteiger partial charge >= 0.3 is 12.0 Å². The zero-order valence-electron chi connectivity index (χ0n) is 19.2. The van der Waals surface area contributed by atoms with Gasteiger partial charge in [-0.1, -0.05) is 29.8 Å². The molecule has 34 heavy (non-hydrogen) atoms. The van der Waals surface area contributed by atoms with E-state index in [9.17, 15) is 14.0 Å². The molecule has 9 heteroatoms. The van der Waals surface area contributed by atoms with Gasteiger partial charge in [-0.25, -0.2) is 14.0 Å². The first-order valence-electron chi connectivity index (χ1n) is 11.3. The van der Waals surface area contributed by atoms with Gasteiger partial charge in [-0.3, -0.25) is 4.90 Å². The summed E-state index contributed by atoms with van der Waals surface area (Å²) in [5.41, 5.74) is 3.73. The second-order valence-corrected chi connectivity index (χ2v) is 8.83. The molecule has 180 valence electrons. The first-order valence-corrected chi connectivity index (χ1v) is 11.7. The molecule has 1 fully saturated rings. The molecule has 0 aromatic heterocycles. The highest BCUT2D eigenvalue weighted by atomic mass is 35.5. The summed E-state index contributed by atoms with van der Waals surface area (Å²) in [7, 11) is 0. The lowest BCUT2D eigenvalue weighted by Crippen LogP contribution is -2.52. The van der Waals surface area contributed by atoms with Gasteiger partial charge in [0.1, 0.15) is 5.82 Å². The molecule has 2 heterocycles. The number of amides is 2. The van der Waals surface area contributed by atoms with Gasteiger partial charge in [0.2, 0.25) is 0 Å². The number of halogens is 2. The molecule has 2 aromatic rings. The van der Waals surface area contributed by atoms with Crippen LogP contribution in [0, 0.1) is 12.7 Å². The average molecular weight is 487 g/mol. The number of carbonyl (C=O) groups excluding carboxylic acids is 2. The number of ether oxygens (including phenoxy) is 1. The van der Waals surface area contributed by atoms with E-state index in [1.807, 2.05) is 18.2 Å². The molecule has 2 N–H and O–H groups in total. The van der Waals surface area contributed by atoms with Crippen molar-refractivity contribution < 1.29 is 18.7 Å². The number of piperazine rings is 1. The molecule has 0 bridgehead atoms. The highest BCUT2D eigenvalue weighted by Crippen LogP contribution is 2.29. The minimum Gasteiger partial charge on any atom is -0.463 e. The molecule has 0 radical (unpaired) electrons. The maximum absolute atomic E-state index is 13.5. The Balaban J connectivity index is 1.56. The molecule has 0 aliphatic carbocycles. The molecular weight excluding hydrogens is 459 g/mol. The van der Waals surface area contributed by atoms with Crippen molar-refractivity contribution in [3.05, 3.63) is 75.7 Å². The Labute approximate surface area is 203 Å². The fourth-order valence-corrected chi connectivity index (χ4v) is 4.56. The maximum Gasteiger partial charge on any atom is 0.338 e. The van der Waals surface area contributed by atoms with Crippen molar-refractivity contribution in [1.82, 2.24) is 15.5 Å². The van der Waals surface area contributed by atoms with Crippen LogP contribution in [0.3, 0.4) is 0 Å². The third-order valence-electron chi connectivity index (χ3n) is 6.12. The quantitative estimate of drug-likeness (QED) is 0.608. The molecule has 1 saturated heterocycles. The van der Waals surface area contributed by atoms with Crippen molar-refractivity contribution in [1.29, 1.82) is 0 Å². The fraction of sp³-hybridized carbons (Fsp3) is 0.360. The number of anilines is 1. The van der Waals surface area contributed by atoms with Crippen LogP contribution in [-0.4, -0.2) is 56.2 Å². The minimum atomic E-state index is -0.723. The summed E-state index contributed by atoms with van der Waals surface area (Å²) >= 11 is 6.20. The summed E-state index contributed by atoms with van der Waals surface area (Å²) in [6, 6.07) is 10.5. The van der Waals surface area contributed by atoms with Crippen molar-refractivity contribution in [3.8, 4) is 0 Å². The highest BCUT2D eigenvalue weighted by Gasteiger charge is 2.34. The number of aryl methyl sites for hydroxylation is 1. The lowest BCUT2D eigenvalue weighted by Gasteiger charge is -2.38. The molecule has 2 amide bonds. The van der Waals surface area contributed by atoms with Gasteiger partial charge in [-0.2, -0.15) is 0 Å². The topological polar surface area (TPSA) is 73.9 Å². The van der Waals surface area contributed by atoms with Crippen molar-refractivity contribution in [3.63, 3.8) is 0 Å². The van der Waals surface area contributed by atoms with Gasteiger partial charge in [0.15, 0.2) is 0 Å². The van der Waals surface area contributed by atoms with E-state index in [-0.39, 0.29) is 6.61 Å². The third-order valence-corrected chi connectivity index (χ3v) is 6.35. The molecule has 1 atom stereocenters. The number of nitrogens with one attached hydrogen (secondary N) is 2. The standard InChI is InChI=1S/C25H28ClFN4O3/c1-3-34-24(32)22-20(28-25(33)29-23(22)17-5-8-19(27)9-6-17)15-30-10-12-31(13-11-30)21-14-18(26)7-4-16(21)2/h4-9,14,23H,3,10-13,15H2,1-2H3,(H2,28,29,33)/t23-/m1/s1. The second-order valence-electron chi connectivity index (χ2n) is 8.39. The van der Waals surface area contributed by atoms with Crippen LogP contribution in [-0.2, 0) is 9.53 Å². The smallest absolute Gasteiger partial charge is 0.338 e. The summed E-state index contributed by atoms with van der Waals surface area (Å²) in [4.78, 5) is 29.9. The van der Waals surface area contributed by atoms with Gasteiger partial charge in [0.05, 0.1) is 18.2 Å². The van der Waals surface area contributed by atoms with E-state index in [2.05, 4.69) is 27.4 Å². The van der Waals surface area contributed by atoms with Crippen LogP contribution in [0.4, 0.5) is 14.9 Å². The van der Waals surface area contributed by atoms with Crippen LogP contribution >= 0.6 is 11.6 Å². The average Bonchev–Trinajstić information content (AvgIpc) is 2.81. The lowest BCUT2D eigenvalue weighted by molar-refractivity contribution is -0.139. The number of hydrogen-bond donors (Lipinski definition) is 2. The number of benzene rings is 2. The summed E-state index contributed by atoms with van der Waals surface area (Å²) in [5, 5.41) is 6.29. The van der Waals surface area contributed by atoms with E-state index < -0.39 is 23.9 Å². The second kappa shape index (κ2) is 10.4. The first-order chi connectivity index (χ1) is 16.4. The van der Waals surface area contributed by atoms with Gasteiger partial charge in [-0.15, -0.1) is 0 Å². The van der Waals surface area contributed by atoms with E-state index in [0.29, 0.717) is 28.4 Å². The summed E-state index contributed by atoms with van der Waals surface area (Å²) < 4.78 is 18.8. The van der Waals surface area contributed by atoms with E-state index in [1.54, 1.807) is 19.1 Å². The normalized spacial score (nSPS) is 19.0. The summed E-state index contributed by atoms with van der Waals surface area (Å²) in [6.45, 7) is 7.46. The van der Waals surface area contributed by atoms with Crippen molar-refractivity contribution in [2.45, 2.75) is 19.9 Å². The van der Waals surface area contributed by atoms with Crippen molar-refractivity contribution in [2.24, 2.45) is 0 Å². The largest absolute Gasteiger partial charge is 0.463 e. The van der Waals surface area contributed by atoms with Gasteiger partial charge in [0, 0.05) is 49.1 Å². The van der Waals surface area contributed by atoms with Crippen LogP contribution in [0.2, 0.25) is 5.02 Å². The number of hydrogen-bond acceptors (Lipinski definition) is 5. The Hall–Kier alpha value is -3.10. The van der Waals surface area contributed by atoms with Gasteiger partial charge < -0.3 is 20.3 Å². The highest BCUT2D eigenvalue weighted by molar-refractivity contribution is 6.30. The van der Waals surface area contributed by atoms with E-state index in [0.717, 1.165) is 37.4 Å². The Kier molecular flexibility index (Phi) is 7.38. The molecule has 0 spiro atoms.